The number of carbonyl (C=O) groups excluding carboxylic acids is 1. The van der Waals surface area contributed by atoms with Gasteiger partial charge >= 0.3 is 0 Å². The van der Waals surface area contributed by atoms with Gasteiger partial charge in [0.05, 0.1) is 6.10 Å². The molecule has 1 aromatic carbocycles. The lowest BCUT2D eigenvalue weighted by molar-refractivity contribution is -0.116. The van der Waals surface area contributed by atoms with Crippen LogP contribution in [0.3, 0.4) is 0 Å². The number of hydrogen-bond donors (Lipinski definition) is 2. The third-order valence-corrected chi connectivity index (χ3v) is 3.04. The van der Waals surface area contributed by atoms with Crippen molar-refractivity contribution in [3.63, 3.8) is 0 Å². The van der Waals surface area contributed by atoms with E-state index in [1.807, 2.05) is 12.1 Å². The van der Waals surface area contributed by atoms with E-state index in [1.165, 1.54) is 0 Å². The van der Waals surface area contributed by atoms with Gasteiger partial charge in [-0.25, -0.2) is 0 Å². The smallest absolute Gasteiger partial charge is 0.224 e. The molecule has 1 amide bonds. The van der Waals surface area contributed by atoms with Gasteiger partial charge in [-0.05, 0) is 37.5 Å². The normalized spacial score (nSPS) is 12.4. The van der Waals surface area contributed by atoms with Gasteiger partial charge in [0, 0.05) is 24.4 Å². The summed E-state index contributed by atoms with van der Waals surface area (Å²) >= 11 is 0. The van der Waals surface area contributed by atoms with Crippen molar-refractivity contribution in [2.45, 2.75) is 39.7 Å². The molecule has 0 aliphatic carbocycles. The third-order valence-electron chi connectivity index (χ3n) is 3.04. The molecule has 0 saturated carbocycles. The molecular weight excluding hydrogens is 240 g/mol. The first kappa shape index (κ1) is 15.5. The molecule has 19 heavy (non-hydrogen) atoms. The summed E-state index contributed by atoms with van der Waals surface area (Å²) in [6.45, 7) is 6.91. The van der Waals surface area contributed by atoms with E-state index in [-0.39, 0.29) is 12.0 Å². The van der Waals surface area contributed by atoms with E-state index in [0.717, 1.165) is 12.1 Å². The van der Waals surface area contributed by atoms with Crippen molar-refractivity contribution in [3.8, 4) is 0 Å². The van der Waals surface area contributed by atoms with Crippen LogP contribution in [-0.4, -0.2) is 18.6 Å². The van der Waals surface area contributed by atoms with E-state index in [4.69, 9.17) is 10.5 Å². The number of carbonyl (C=O) groups is 1. The summed E-state index contributed by atoms with van der Waals surface area (Å²) in [6, 6.07) is 7.18. The summed E-state index contributed by atoms with van der Waals surface area (Å²) < 4.78 is 5.62. The van der Waals surface area contributed by atoms with E-state index in [9.17, 15) is 4.79 Å². The van der Waals surface area contributed by atoms with Crippen LogP contribution in [0.5, 0.6) is 0 Å². The summed E-state index contributed by atoms with van der Waals surface area (Å²) in [4.78, 5) is 11.7. The topological polar surface area (TPSA) is 64.3 Å². The minimum Gasteiger partial charge on any atom is -0.399 e. The fourth-order valence-corrected chi connectivity index (χ4v) is 1.53. The van der Waals surface area contributed by atoms with Crippen LogP contribution in [0.25, 0.3) is 0 Å². The molecule has 1 atom stereocenters. The fraction of sp³-hybridized carbons (Fsp3) is 0.533. The second-order valence-electron chi connectivity index (χ2n) is 5.10. The summed E-state index contributed by atoms with van der Waals surface area (Å²) in [6.07, 6.45) is 1.42. The molecule has 0 aliphatic heterocycles. The van der Waals surface area contributed by atoms with Crippen molar-refractivity contribution in [2.75, 3.05) is 17.7 Å². The van der Waals surface area contributed by atoms with E-state index in [0.29, 0.717) is 24.6 Å². The van der Waals surface area contributed by atoms with Crippen molar-refractivity contribution in [3.05, 3.63) is 24.3 Å². The van der Waals surface area contributed by atoms with Crippen LogP contribution in [0.2, 0.25) is 0 Å². The number of benzene rings is 1. The molecule has 4 heteroatoms. The molecule has 0 spiro atoms. The third kappa shape index (κ3) is 6.25. The predicted molar refractivity (Wildman–Crippen MR) is 79.0 cm³/mol. The highest BCUT2D eigenvalue weighted by Crippen LogP contribution is 2.12. The van der Waals surface area contributed by atoms with Gasteiger partial charge in [-0.15, -0.1) is 0 Å². The van der Waals surface area contributed by atoms with Crippen LogP contribution in [0.4, 0.5) is 11.4 Å². The zero-order valence-corrected chi connectivity index (χ0v) is 12.0. The van der Waals surface area contributed by atoms with Gasteiger partial charge in [0.1, 0.15) is 0 Å². The Hall–Kier alpha value is -1.55. The summed E-state index contributed by atoms with van der Waals surface area (Å²) in [5.41, 5.74) is 7.03. The SMILES string of the molecule is CC(C)C(C)OCCCC(=O)Nc1cccc(N)c1. The monoisotopic (exact) mass is 264 g/mol. The Bertz CT molecular complexity index is 405. The second-order valence-corrected chi connectivity index (χ2v) is 5.10. The Morgan fingerprint density at radius 2 is 2.11 bits per heavy atom. The molecule has 0 heterocycles. The van der Waals surface area contributed by atoms with E-state index in [1.54, 1.807) is 12.1 Å². The number of hydrogen-bond acceptors (Lipinski definition) is 3. The van der Waals surface area contributed by atoms with Crippen molar-refractivity contribution in [2.24, 2.45) is 5.92 Å². The Morgan fingerprint density at radius 3 is 2.74 bits per heavy atom. The largest absolute Gasteiger partial charge is 0.399 e. The van der Waals surface area contributed by atoms with Crippen LogP contribution in [0, 0.1) is 5.92 Å². The highest BCUT2D eigenvalue weighted by molar-refractivity contribution is 5.91. The molecule has 0 fully saturated rings. The average Bonchev–Trinajstić information content (AvgIpc) is 2.34. The summed E-state index contributed by atoms with van der Waals surface area (Å²) in [5, 5.41) is 2.82. The van der Waals surface area contributed by atoms with Crippen molar-refractivity contribution >= 4 is 17.3 Å². The molecule has 4 nitrogen and oxygen atoms in total. The molecule has 0 radical (unpaired) electrons. The standard InChI is InChI=1S/C15H24N2O2/c1-11(2)12(3)19-9-5-8-15(18)17-14-7-4-6-13(16)10-14/h4,6-7,10-12H,5,8-9,16H2,1-3H3,(H,17,18). The maximum atomic E-state index is 11.7. The number of nitrogen functional groups attached to an aromatic ring is 1. The van der Waals surface area contributed by atoms with Crippen LogP contribution >= 0.6 is 0 Å². The molecule has 0 saturated heterocycles. The number of ether oxygens (including phenoxy) is 1. The Kier molecular flexibility index (Phi) is 6.36. The molecule has 106 valence electrons. The molecule has 1 rings (SSSR count). The van der Waals surface area contributed by atoms with Gasteiger partial charge in [0.25, 0.3) is 0 Å². The molecule has 1 unspecified atom stereocenters. The average molecular weight is 264 g/mol. The number of rotatable bonds is 7. The highest BCUT2D eigenvalue weighted by atomic mass is 16.5. The number of nitrogens with two attached hydrogens (primary N) is 1. The molecule has 1 aromatic rings. The second kappa shape index (κ2) is 7.79. The Balaban J connectivity index is 2.22. The van der Waals surface area contributed by atoms with Crippen LogP contribution in [0.1, 0.15) is 33.6 Å². The molecule has 3 N–H and O–H groups in total. The predicted octanol–water partition coefficient (Wildman–Crippen LogP) is 3.05. The first-order valence-electron chi connectivity index (χ1n) is 6.76. The first-order chi connectivity index (χ1) is 8.99. The Morgan fingerprint density at radius 1 is 1.37 bits per heavy atom. The van der Waals surface area contributed by atoms with Crippen LogP contribution in [0.15, 0.2) is 24.3 Å². The Labute approximate surface area is 115 Å². The summed E-state index contributed by atoms with van der Waals surface area (Å²) in [5.74, 6) is 0.493. The molecular formula is C15H24N2O2. The van der Waals surface area contributed by atoms with Gasteiger partial charge < -0.3 is 15.8 Å². The molecule has 0 aliphatic rings. The van der Waals surface area contributed by atoms with Gasteiger partial charge in [-0.1, -0.05) is 19.9 Å². The van der Waals surface area contributed by atoms with E-state index >= 15 is 0 Å². The maximum absolute atomic E-state index is 11.7. The lowest BCUT2D eigenvalue weighted by atomic mass is 10.1. The van der Waals surface area contributed by atoms with Crippen molar-refractivity contribution < 1.29 is 9.53 Å². The summed E-state index contributed by atoms with van der Waals surface area (Å²) in [7, 11) is 0. The minimum absolute atomic E-state index is 0.00796. The van der Waals surface area contributed by atoms with Crippen molar-refractivity contribution in [1.82, 2.24) is 0 Å². The maximum Gasteiger partial charge on any atom is 0.224 e. The fourth-order valence-electron chi connectivity index (χ4n) is 1.53. The number of amides is 1. The zero-order valence-electron chi connectivity index (χ0n) is 12.0. The number of nitrogens with one attached hydrogen (secondary N) is 1. The van der Waals surface area contributed by atoms with Gasteiger partial charge in [-0.2, -0.15) is 0 Å². The van der Waals surface area contributed by atoms with Gasteiger partial charge in [-0.3, -0.25) is 4.79 Å². The number of anilines is 2. The van der Waals surface area contributed by atoms with Gasteiger partial charge in [0.2, 0.25) is 5.91 Å². The highest BCUT2D eigenvalue weighted by Gasteiger charge is 2.07. The molecule has 0 aromatic heterocycles. The lowest BCUT2D eigenvalue weighted by Crippen LogP contribution is -2.17. The van der Waals surface area contributed by atoms with E-state index in [2.05, 4.69) is 26.1 Å². The zero-order chi connectivity index (χ0) is 14.3. The van der Waals surface area contributed by atoms with Gasteiger partial charge in [0.15, 0.2) is 0 Å². The quantitative estimate of drug-likeness (QED) is 0.587. The molecule has 0 bridgehead atoms. The van der Waals surface area contributed by atoms with Crippen LogP contribution in [-0.2, 0) is 9.53 Å². The minimum atomic E-state index is -0.00796. The van der Waals surface area contributed by atoms with Crippen molar-refractivity contribution in [1.29, 1.82) is 0 Å². The first-order valence-corrected chi connectivity index (χ1v) is 6.76. The van der Waals surface area contributed by atoms with E-state index < -0.39 is 0 Å². The van der Waals surface area contributed by atoms with Crippen LogP contribution < -0.4 is 11.1 Å². The lowest BCUT2D eigenvalue weighted by Gasteiger charge is -2.16.